The molecule has 0 aromatic heterocycles. The van der Waals surface area contributed by atoms with Crippen molar-refractivity contribution in [3.63, 3.8) is 0 Å². The van der Waals surface area contributed by atoms with Crippen molar-refractivity contribution in [3.05, 3.63) is 35.4 Å². The fraction of sp³-hybridized carbons (Fsp3) is 0.500. The van der Waals surface area contributed by atoms with Crippen LogP contribution in [0.5, 0.6) is 0 Å². The summed E-state index contributed by atoms with van der Waals surface area (Å²) in [6.07, 6.45) is 0. The van der Waals surface area contributed by atoms with E-state index in [9.17, 15) is 8.78 Å². The average molecular weight is 229 g/mol. The van der Waals surface area contributed by atoms with Crippen molar-refractivity contribution in [1.82, 2.24) is 5.32 Å². The normalized spacial score (nSPS) is 14.8. The molecule has 0 aliphatic heterocycles. The van der Waals surface area contributed by atoms with Crippen LogP contribution in [-0.4, -0.2) is 17.8 Å². The summed E-state index contributed by atoms with van der Waals surface area (Å²) in [6.45, 7) is 4.12. The van der Waals surface area contributed by atoms with E-state index in [0.717, 1.165) is 6.07 Å². The highest BCUT2D eigenvalue weighted by Crippen LogP contribution is 2.11. The number of rotatable bonds is 5. The van der Waals surface area contributed by atoms with Crippen molar-refractivity contribution in [2.45, 2.75) is 26.4 Å². The molecule has 1 aromatic carbocycles. The SMILES string of the molecule is CC(CO)C(C)NCc1cccc(F)c1F. The summed E-state index contributed by atoms with van der Waals surface area (Å²) in [7, 11) is 0. The number of nitrogens with one attached hydrogen (secondary N) is 1. The molecule has 0 radical (unpaired) electrons. The molecule has 1 aromatic rings. The van der Waals surface area contributed by atoms with E-state index < -0.39 is 11.6 Å². The summed E-state index contributed by atoms with van der Waals surface area (Å²) >= 11 is 0. The quantitative estimate of drug-likeness (QED) is 0.810. The van der Waals surface area contributed by atoms with Gasteiger partial charge in [-0.15, -0.1) is 0 Å². The van der Waals surface area contributed by atoms with Crippen LogP contribution < -0.4 is 5.32 Å². The first-order chi connectivity index (χ1) is 7.56. The van der Waals surface area contributed by atoms with Crippen molar-refractivity contribution in [2.75, 3.05) is 6.61 Å². The van der Waals surface area contributed by atoms with Crippen molar-refractivity contribution in [2.24, 2.45) is 5.92 Å². The molecule has 2 nitrogen and oxygen atoms in total. The molecule has 0 amide bonds. The van der Waals surface area contributed by atoms with Crippen LogP contribution >= 0.6 is 0 Å². The lowest BCUT2D eigenvalue weighted by molar-refractivity contribution is 0.206. The molecule has 0 spiro atoms. The molecule has 0 fully saturated rings. The monoisotopic (exact) mass is 229 g/mol. The second-order valence-corrected chi connectivity index (χ2v) is 4.04. The number of halogens is 2. The Labute approximate surface area is 94.3 Å². The Morgan fingerprint density at radius 2 is 2.00 bits per heavy atom. The maximum absolute atomic E-state index is 13.3. The van der Waals surface area contributed by atoms with E-state index in [2.05, 4.69) is 5.32 Å². The zero-order chi connectivity index (χ0) is 12.1. The predicted octanol–water partition coefficient (Wildman–Crippen LogP) is 2.07. The van der Waals surface area contributed by atoms with Gasteiger partial charge in [-0.25, -0.2) is 8.78 Å². The molecule has 2 unspecified atom stereocenters. The number of hydrogen-bond acceptors (Lipinski definition) is 2. The minimum absolute atomic E-state index is 0.0488. The second-order valence-electron chi connectivity index (χ2n) is 4.04. The molecule has 0 heterocycles. The molecular weight excluding hydrogens is 212 g/mol. The summed E-state index contributed by atoms with van der Waals surface area (Å²) in [5.74, 6) is -1.56. The van der Waals surface area contributed by atoms with Gasteiger partial charge in [0.25, 0.3) is 0 Å². The Morgan fingerprint density at radius 1 is 1.31 bits per heavy atom. The fourth-order valence-corrected chi connectivity index (χ4v) is 1.32. The van der Waals surface area contributed by atoms with Crippen LogP contribution in [0.4, 0.5) is 8.78 Å². The van der Waals surface area contributed by atoms with Gasteiger partial charge in [0.2, 0.25) is 0 Å². The largest absolute Gasteiger partial charge is 0.396 e. The third-order valence-electron chi connectivity index (χ3n) is 2.79. The van der Waals surface area contributed by atoms with Crippen LogP contribution in [-0.2, 0) is 6.54 Å². The van der Waals surface area contributed by atoms with Gasteiger partial charge in [0.1, 0.15) is 0 Å². The number of aliphatic hydroxyl groups excluding tert-OH is 1. The molecule has 0 saturated carbocycles. The highest BCUT2D eigenvalue weighted by Gasteiger charge is 2.12. The summed E-state index contributed by atoms with van der Waals surface area (Å²) < 4.78 is 26.2. The third-order valence-corrected chi connectivity index (χ3v) is 2.79. The first-order valence-corrected chi connectivity index (χ1v) is 5.33. The zero-order valence-corrected chi connectivity index (χ0v) is 9.50. The van der Waals surface area contributed by atoms with E-state index >= 15 is 0 Å². The fourth-order valence-electron chi connectivity index (χ4n) is 1.32. The molecule has 2 N–H and O–H groups in total. The Hall–Kier alpha value is -1.00. The smallest absolute Gasteiger partial charge is 0.163 e. The van der Waals surface area contributed by atoms with Gasteiger partial charge < -0.3 is 10.4 Å². The maximum atomic E-state index is 13.3. The van der Waals surface area contributed by atoms with Gasteiger partial charge in [0, 0.05) is 24.8 Å². The van der Waals surface area contributed by atoms with E-state index in [1.165, 1.54) is 6.07 Å². The van der Waals surface area contributed by atoms with Crippen LogP contribution in [0.1, 0.15) is 19.4 Å². The summed E-state index contributed by atoms with van der Waals surface area (Å²) in [4.78, 5) is 0. The molecule has 0 aliphatic rings. The van der Waals surface area contributed by atoms with Gasteiger partial charge in [-0.05, 0) is 18.9 Å². The summed E-state index contributed by atoms with van der Waals surface area (Å²) in [5, 5.41) is 12.0. The Bertz CT molecular complexity index is 344. The van der Waals surface area contributed by atoms with Gasteiger partial charge in [-0.1, -0.05) is 19.1 Å². The Kier molecular flexibility index (Phi) is 4.83. The number of hydrogen-bond donors (Lipinski definition) is 2. The molecular formula is C12H17F2NO. The molecule has 1 rings (SSSR count). The maximum Gasteiger partial charge on any atom is 0.163 e. The van der Waals surface area contributed by atoms with Crippen molar-refractivity contribution in [3.8, 4) is 0 Å². The van der Waals surface area contributed by atoms with E-state index in [1.807, 2.05) is 13.8 Å². The second kappa shape index (κ2) is 5.92. The van der Waals surface area contributed by atoms with Crippen molar-refractivity contribution in [1.29, 1.82) is 0 Å². The van der Waals surface area contributed by atoms with Crippen molar-refractivity contribution >= 4 is 0 Å². The topological polar surface area (TPSA) is 32.3 Å². The van der Waals surface area contributed by atoms with Crippen LogP contribution in [0.15, 0.2) is 18.2 Å². The summed E-state index contributed by atoms with van der Waals surface area (Å²) in [6, 6.07) is 4.17. The van der Waals surface area contributed by atoms with Gasteiger partial charge in [-0.2, -0.15) is 0 Å². The van der Waals surface area contributed by atoms with E-state index in [1.54, 1.807) is 6.07 Å². The lowest BCUT2D eigenvalue weighted by Crippen LogP contribution is -2.33. The molecule has 16 heavy (non-hydrogen) atoms. The Balaban J connectivity index is 2.58. The van der Waals surface area contributed by atoms with Gasteiger partial charge in [0.05, 0.1) is 0 Å². The average Bonchev–Trinajstić information content (AvgIpc) is 2.29. The number of benzene rings is 1. The molecule has 4 heteroatoms. The standard InChI is InChI=1S/C12H17F2NO/c1-8(7-16)9(2)15-6-10-4-3-5-11(13)12(10)14/h3-5,8-9,15-16H,6-7H2,1-2H3. The van der Waals surface area contributed by atoms with Crippen LogP contribution in [0.3, 0.4) is 0 Å². The van der Waals surface area contributed by atoms with E-state index in [0.29, 0.717) is 5.56 Å². The van der Waals surface area contributed by atoms with Crippen LogP contribution in [0.2, 0.25) is 0 Å². The first-order valence-electron chi connectivity index (χ1n) is 5.33. The highest BCUT2D eigenvalue weighted by atomic mass is 19.2. The third kappa shape index (κ3) is 3.25. The van der Waals surface area contributed by atoms with E-state index in [-0.39, 0.29) is 25.1 Å². The molecule has 0 bridgehead atoms. The first kappa shape index (κ1) is 13.1. The summed E-state index contributed by atoms with van der Waals surface area (Å²) in [5.41, 5.74) is 0.303. The molecule has 0 saturated heterocycles. The molecule has 90 valence electrons. The lowest BCUT2D eigenvalue weighted by Gasteiger charge is -2.19. The lowest BCUT2D eigenvalue weighted by atomic mass is 10.0. The minimum Gasteiger partial charge on any atom is -0.396 e. The van der Waals surface area contributed by atoms with Crippen LogP contribution in [0, 0.1) is 17.6 Å². The highest BCUT2D eigenvalue weighted by molar-refractivity contribution is 5.18. The van der Waals surface area contributed by atoms with Gasteiger partial charge in [-0.3, -0.25) is 0 Å². The molecule has 0 aliphatic carbocycles. The van der Waals surface area contributed by atoms with Crippen LogP contribution in [0.25, 0.3) is 0 Å². The van der Waals surface area contributed by atoms with Gasteiger partial charge >= 0.3 is 0 Å². The van der Waals surface area contributed by atoms with Gasteiger partial charge in [0.15, 0.2) is 11.6 Å². The Morgan fingerprint density at radius 3 is 2.62 bits per heavy atom. The van der Waals surface area contributed by atoms with E-state index in [4.69, 9.17) is 5.11 Å². The predicted molar refractivity (Wildman–Crippen MR) is 58.9 cm³/mol. The zero-order valence-electron chi connectivity index (χ0n) is 9.50. The molecule has 2 atom stereocenters. The van der Waals surface area contributed by atoms with Crippen molar-refractivity contribution < 1.29 is 13.9 Å². The minimum atomic E-state index is -0.831. The number of aliphatic hydroxyl groups is 1.